The molecule has 1 aliphatic rings. The number of hydrogen-bond donors (Lipinski definition) is 3. The standard InChI is InChI=1S/C12H22N2O5/c1-18-6-5-12(3-4-12)8-14-11(17)13-7-9(19-2)10(15)16/h9H,3-8H2,1-2H3,(H,15,16)(H2,13,14,17). The summed E-state index contributed by atoms with van der Waals surface area (Å²) in [6.45, 7) is 1.23. The van der Waals surface area contributed by atoms with E-state index in [1.165, 1.54) is 7.11 Å². The minimum atomic E-state index is -1.10. The number of nitrogens with one attached hydrogen (secondary N) is 2. The normalized spacial score (nSPS) is 17.6. The Labute approximate surface area is 112 Å². The van der Waals surface area contributed by atoms with Crippen LogP contribution in [0.2, 0.25) is 0 Å². The van der Waals surface area contributed by atoms with Crippen molar-refractivity contribution < 1.29 is 24.2 Å². The number of hydrogen-bond acceptors (Lipinski definition) is 4. The molecule has 2 amide bonds. The summed E-state index contributed by atoms with van der Waals surface area (Å²) in [5.74, 6) is -1.10. The molecule has 0 bridgehead atoms. The average Bonchev–Trinajstić information content (AvgIpc) is 3.15. The zero-order chi connectivity index (χ0) is 14.3. The highest BCUT2D eigenvalue weighted by atomic mass is 16.5. The molecular formula is C12H22N2O5. The number of carbonyl (C=O) groups excluding carboxylic acids is 1. The summed E-state index contributed by atoms with van der Waals surface area (Å²) in [6, 6.07) is -0.369. The van der Waals surface area contributed by atoms with Gasteiger partial charge in [0.05, 0.1) is 6.54 Å². The maximum atomic E-state index is 11.5. The van der Waals surface area contributed by atoms with Gasteiger partial charge >= 0.3 is 12.0 Å². The molecular weight excluding hydrogens is 252 g/mol. The van der Waals surface area contributed by atoms with Gasteiger partial charge in [0, 0.05) is 27.4 Å². The fourth-order valence-electron chi connectivity index (χ4n) is 1.80. The number of aliphatic carboxylic acids is 1. The zero-order valence-corrected chi connectivity index (χ0v) is 11.4. The monoisotopic (exact) mass is 274 g/mol. The molecule has 7 nitrogen and oxygen atoms in total. The maximum Gasteiger partial charge on any atom is 0.334 e. The van der Waals surface area contributed by atoms with Crippen LogP contribution >= 0.6 is 0 Å². The number of carbonyl (C=O) groups is 2. The number of methoxy groups -OCH3 is 2. The van der Waals surface area contributed by atoms with Crippen LogP contribution < -0.4 is 10.6 Å². The first kappa shape index (κ1) is 15.7. The largest absolute Gasteiger partial charge is 0.479 e. The molecule has 0 radical (unpaired) electrons. The fraction of sp³-hybridized carbons (Fsp3) is 0.833. The van der Waals surface area contributed by atoms with Crippen molar-refractivity contribution in [3.05, 3.63) is 0 Å². The van der Waals surface area contributed by atoms with Crippen molar-refractivity contribution >= 4 is 12.0 Å². The van der Waals surface area contributed by atoms with Crippen LogP contribution in [0, 0.1) is 5.41 Å². The van der Waals surface area contributed by atoms with Gasteiger partial charge in [-0.2, -0.15) is 0 Å². The van der Waals surface area contributed by atoms with Gasteiger partial charge < -0.3 is 25.2 Å². The van der Waals surface area contributed by atoms with E-state index in [-0.39, 0.29) is 18.0 Å². The summed E-state index contributed by atoms with van der Waals surface area (Å²) in [4.78, 5) is 22.2. The third-order valence-corrected chi connectivity index (χ3v) is 3.43. The van der Waals surface area contributed by atoms with E-state index < -0.39 is 12.1 Å². The molecule has 0 heterocycles. The summed E-state index contributed by atoms with van der Waals surface area (Å²) in [5.41, 5.74) is 0.167. The quantitative estimate of drug-likeness (QED) is 0.558. The van der Waals surface area contributed by atoms with Gasteiger partial charge in [0.1, 0.15) is 0 Å². The molecule has 0 aliphatic heterocycles. The van der Waals surface area contributed by atoms with Crippen molar-refractivity contribution in [3.63, 3.8) is 0 Å². The van der Waals surface area contributed by atoms with Crippen LogP contribution in [0.15, 0.2) is 0 Å². The van der Waals surface area contributed by atoms with Crippen LogP contribution in [-0.4, -0.2) is 57.1 Å². The van der Waals surface area contributed by atoms with Gasteiger partial charge in [0.25, 0.3) is 0 Å². The lowest BCUT2D eigenvalue weighted by atomic mass is 10.0. The minimum absolute atomic E-state index is 0.0528. The molecule has 1 fully saturated rings. The first-order valence-corrected chi connectivity index (χ1v) is 6.29. The van der Waals surface area contributed by atoms with E-state index in [4.69, 9.17) is 14.6 Å². The maximum absolute atomic E-state index is 11.5. The van der Waals surface area contributed by atoms with Crippen molar-refractivity contribution in [1.29, 1.82) is 0 Å². The fourth-order valence-corrected chi connectivity index (χ4v) is 1.80. The molecule has 0 saturated heterocycles. The van der Waals surface area contributed by atoms with Crippen LogP contribution in [0.3, 0.4) is 0 Å². The third-order valence-electron chi connectivity index (χ3n) is 3.43. The Bertz CT molecular complexity index is 317. The van der Waals surface area contributed by atoms with Crippen molar-refractivity contribution in [2.75, 3.05) is 33.9 Å². The molecule has 19 heavy (non-hydrogen) atoms. The Morgan fingerprint density at radius 2 is 2.00 bits per heavy atom. The summed E-state index contributed by atoms with van der Waals surface area (Å²) < 4.78 is 9.75. The first-order valence-electron chi connectivity index (χ1n) is 6.29. The highest BCUT2D eigenvalue weighted by molar-refractivity contribution is 5.76. The Morgan fingerprint density at radius 3 is 2.47 bits per heavy atom. The molecule has 0 aromatic rings. The van der Waals surface area contributed by atoms with E-state index in [9.17, 15) is 9.59 Å². The lowest BCUT2D eigenvalue weighted by Crippen LogP contribution is -2.44. The van der Waals surface area contributed by atoms with Gasteiger partial charge in [0.2, 0.25) is 0 Å². The second kappa shape index (κ2) is 7.30. The van der Waals surface area contributed by atoms with Crippen LogP contribution in [-0.2, 0) is 14.3 Å². The Hall–Kier alpha value is -1.34. The molecule has 7 heteroatoms. The number of urea groups is 1. The van der Waals surface area contributed by atoms with E-state index in [2.05, 4.69) is 10.6 Å². The topological polar surface area (TPSA) is 96.9 Å². The highest BCUT2D eigenvalue weighted by Crippen LogP contribution is 2.48. The predicted molar refractivity (Wildman–Crippen MR) is 68.0 cm³/mol. The van der Waals surface area contributed by atoms with Crippen LogP contribution in [0.1, 0.15) is 19.3 Å². The van der Waals surface area contributed by atoms with E-state index >= 15 is 0 Å². The Morgan fingerprint density at radius 1 is 1.32 bits per heavy atom. The van der Waals surface area contributed by atoms with Crippen LogP contribution in [0.4, 0.5) is 4.79 Å². The first-order chi connectivity index (χ1) is 9.03. The second-order valence-electron chi connectivity index (χ2n) is 4.87. The number of amides is 2. The van der Waals surface area contributed by atoms with Crippen molar-refractivity contribution in [2.24, 2.45) is 5.41 Å². The molecule has 1 aliphatic carbocycles. The Balaban J connectivity index is 2.19. The van der Waals surface area contributed by atoms with Gasteiger partial charge in [-0.05, 0) is 24.7 Å². The lowest BCUT2D eigenvalue weighted by molar-refractivity contribution is -0.147. The van der Waals surface area contributed by atoms with Gasteiger partial charge in [-0.25, -0.2) is 9.59 Å². The van der Waals surface area contributed by atoms with Crippen LogP contribution in [0.5, 0.6) is 0 Å². The minimum Gasteiger partial charge on any atom is -0.479 e. The van der Waals surface area contributed by atoms with Gasteiger partial charge in [-0.1, -0.05) is 0 Å². The number of rotatable bonds is 9. The highest BCUT2D eigenvalue weighted by Gasteiger charge is 2.42. The zero-order valence-electron chi connectivity index (χ0n) is 11.4. The number of carboxylic acid groups (broad SMARTS) is 1. The molecule has 1 atom stereocenters. The van der Waals surface area contributed by atoms with Crippen molar-refractivity contribution in [3.8, 4) is 0 Å². The SMILES string of the molecule is COCCC1(CNC(=O)NCC(OC)C(=O)O)CC1. The van der Waals surface area contributed by atoms with Gasteiger partial charge in [0.15, 0.2) is 6.10 Å². The third kappa shape index (κ3) is 5.44. The summed E-state index contributed by atoms with van der Waals surface area (Å²) in [6.07, 6.45) is 2.09. The van der Waals surface area contributed by atoms with E-state index in [0.717, 1.165) is 19.3 Å². The molecule has 0 spiro atoms. The summed E-state index contributed by atoms with van der Waals surface area (Å²) in [5, 5.41) is 14.0. The van der Waals surface area contributed by atoms with Crippen molar-refractivity contribution in [1.82, 2.24) is 10.6 Å². The second-order valence-corrected chi connectivity index (χ2v) is 4.87. The predicted octanol–water partition coefficient (Wildman–Crippen LogP) is 0.202. The molecule has 3 N–H and O–H groups in total. The molecule has 1 rings (SSSR count). The lowest BCUT2D eigenvalue weighted by Gasteiger charge is -2.17. The van der Waals surface area contributed by atoms with Gasteiger partial charge in [-0.3, -0.25) is 0 Å². The molecule has 1 unspecified atom stereocenters. The van der Waals surface area contributed by atoms with Gasteiger partial charge in [-0.15, -0.1) is 0 Å². The van der Waals surface area contributed by atoms with E-state index in [1.807, 2.05) is 0 Å². The smallest absolute Gasteiger partial charge is 0.334 e. The van der Waals surface area contributed by atoms with E-state index in [1.54, 1.807) is 7.11 Å². The van der Waals surface area contributed by atoms with Crippen molar-refractivity contribution in [2.45, 2.75) is 25.4 Å². The molecule has 1 saturated carbocycles. The van der Waals surface area contributed by atoms with Crippen LogP contribution in [0.25, 0.3) is 0 Å². The summed E-state index contributed by atoms with van der Waals surface area (Å²) >= 11 is 0. The Kier molecular flexibility index (Phi) is 6.04. The number of ether oxygens (including phenoxy) is 2. The van der Waals surface area contributed by atoms with E-state index in [0.29, 0.717) is 13.2 Å². The molecule has 110 valence electrons. The molecule has 0 aromatic carbocycles. The number of carboxylic acids is 1. The summed E-state index contributed by atoms with van der Waals surface area (Å²) in [7, 11) is 2.95. The molecule has 0 aromatic heterocycles. The average molecular weight is 274 g/mol.